The third-order valence-electron chi connectivity index (χ3n) is 0. The van der Waals surface area contributed by atoms with E-state index in [9.17, 15) is 0 Å². The van der Waals surface area contributed by atoms with Gasteiger partial charge in [-0.05, 0) is 0 Å². The van der Waals surface area contributed by atoms with Gasteiger partial charge >= 0.3 is 0 Å². The number of halogens is 2. The second-order valence-corrected chi connectivity index (χ2v) is 0. The Morgan fingerprint density at radius 1 is 1.00 bits per heavy atom. The minimum atomic E-state index is 0. The van der Waals surface area contributed by atoms with Crippen LogP contribution in [0.15, 0.2) is 0 Å². The van der Waals surface area contributed by atoms with Crippen molar-refractivity contribution in [2.45, 2.75) is 0 Å². The summed E-state index contributed by atoms with van der Waals surface area (Å²) in [5.41, 5.74) is 0. The maximum absolute atomic E-state index is 7.00. The summed E-state index contributed by atoms with van der Waals surface area (Å²) in [5.74, 6) is 0. The zero-order valence-electron chi connectivity index (χ0n) is 2.26. The molecule has 0 rings (SSSR count). The predicted molar refractivity (Wildman–Crippen MR) is 13.1 cm³/mol. The average Bonchev–Trinajstić information content (AvgIpc) is 1.00. The zero-order valence-corrected chi connectivity index (χ0v) is 2.26. The van der Waals surface area contributed by atoms with Crippen LogP contribution >= 0.6 is 0 Å². The van der Waals surface area contributed by atoms with E-state index in [0.29, 0.717) is 0 Å². The molecule has 0 aromatic rings. The van der Waals surface area contributed by atoms with Gasteiger partial charge in [-0.15, -0.1) is 0 Å². The molecule has 0 aromatic carbocycles. The molecule has 1 N–H and O–H groups in total. The summed E-state index contributed by atoms with van der Waals surface area (Å²) in [5, 5.41) is 7.00. The highest BCUT2D eigenvalue weighted by Crippen LogP contribution is 0.755. The first-order valence-electron chi connectivity index (χ1n) is 0.447. The summed E-state index contributed by atoms with van der Waals surface area (Å²) in [6, 6.07) is 0. The van der Waals surface area contributed by atoms with Crippen molar-refractivity contribution < 1.29 is 14.5 Å². The molecule has 0 aliphatic rings. The number of rotatable bonds is 0. The van der Waals surface area contributed by atoms with Crippen molar-refractivity contribution in [3.63, 3.8) is 0 Å². The van der Waals surface area contributed by atoms with E-state index >= 15 is 0 Å². The van der Waals surface area contributed by atoms with Crippen LogP contribution in [0.5, 0.6) is 0 Å². The van der Waals surface area contributed by atoms with Crippen LogP contribution in [0.4, 0.5) is 9.41 Å². The lowest BCUT2D eigenvalue weighted by Gasteiger charge is -1.21. The lowest BCUT2D eigenvalue weighted by Crippen LogP contribution is -1.25. The van der Waals surface area contributed by atoms with Gasteiger partial charge in [-0.1, -0.05) is 0 Å². The van der Waals surface area contributed by atoms with Crippen LogP contribution in [0.1, 0.15) is 0 Å². The fourth-order valence-electron chi connectivity index (χ4n) is 0. The highest BCUT2D eigenvalue weighted by atomic mass is 19.0. The third-order valence-corrected chi connectivity index (χ3v) is 0. The standard InChI is InChI=1S/CH4O.2FH/c1-2;;/h2H,1H3;2*1H. The molecule has 0 aliphatic heterocycles. The zero-order chi connectivity index (χ0) is 2.00. The van der Waals surface area contributed by atoms with Gasteiger partial charge in [0.15, 0.2) is 0 Å². The Morgan fingerprint density at radius 2 is 1.00 bits per heavy atom. The monoisotopic (exact) mass is 72.0 g/mol. The fraction of sp³-hybridized carbons (Fsp3) is 1.00. The molecule has 0 radical (unpaired) electrons. The van der Waals surface area contributed by atoms with Gasteiger partial charge in [0.25, 0.3) is 0 Å². The molecule has 30 valence electrons. The smallest absolute Gasteiger partial charge is 0.0319 e. The quantitative estimate of drug-likeness (QED) is 0.424. The van der Waals surface area contributed by atoms with E-state index in [2.05, 4.69) is 0 Å². The highest BCUT2D eigenvalue weighted by Gasteiger charge is 0.839. The van der Waals surface area contributed by atoms with Crippen LogP contribution in [0.2, 0.25) is 0 Å². The van der Waals surface area contributed by atoms with Crippen molar-refractivity contribution in [1.82, 2.24) is 0 Å². The van der Waals surface area contributed by atoms with Crippen LogP contribution in [0, 0.1) is 0 Å². The molecule has 3 heteroatoms. The van der Waals surface area contributed by atoms with E-state index in [0.717, 1.165) is 7.11 Å². The van der Waals surface area contributed by atoms with Crippen molar-refractivity contribution in [1.29, 1.82) is 0 Å². The molecule has 0 spiro atoms. The SMILES string of the molecule is CO.F.F. The van der Waals surface area contributed by atoms with Crippen LogP contribution in [-0.2, 0) is 0 Å². The number of hydrogen-bond donors (Lipinski definition) is 1. The minimum absolute atomic E-state index is 0. The van der Waals surface area contributed by atoms with Crippen LogP contribution in [-0.4, -0.2) is 12.2 Å². The Kier molecular flexibility index (Phi) is 3260. The Balaban J connectivity index is -0.00000000500. The summed E-state index contributed by atoms with van der Waals surface area (Å²) in [6.07, 6.45) is 0. The van der Waals surface area contributed by atoms with E-state index in [4.69, 9.17) is 5.11 Å². The first-order chi connectivity index (χ1) is 1.00. The van der Waals surface area contributed by atoms with Crippen LogP contribution < -0.4 is 0 Å². The van der Waals surface area contributed by atoms with Gasteiger partial charge in [-0.2, -0.15) is 0 Å². The summed E-state index contributed by atoms with van der Waals surface area (Å²) >= 11 is 0. The summed E-state index contributed by atoms with van der Waals surface area (Å²) in [4.78, 5) is 0. The molecule has 1 nitrogen and oxygen atoms in total. The maximum atomic E-state index is 7.00. The van der Waals surface area contributed by atoms with Crippen LogP contribution in [0.3, 0.4) is 0 Å². The van der Waals surface area contributed by atoms with E-state index in [1.807, 2.05) is 0 Å². The van der Waals surface area contributed by atoms with Gasteiger partial charge in [0.2, 0.25) is 0 Å². The van der Waals surface area contributed by atoms with E-state index < -0.39 is 0 Å². The molecule has 0 saturated heterocycles. The largest absolute Gasteiger partial charge is 0.400 e. The molecule has 4 heavy (non-hydrogen) atoms. The van der Waals surface area contributed by atoms with Crippen molar-refractivity contribution >= 4 is 0 Å². The Bertz CT molecular complexity index is 6.00. The molecule has 0 aromatic heterocycles. The molecule has 0 atom stereocenters. The Morgan fingerprint density at radius 3 is 1.00 bits per heavy atom. The number of hydrogen-bond acceptors (Lipinski definition) is 1. The second-order valence-electron chi connectivity index (χ2n) is 0. The van der Waals surface area contributed by atoms with Crippen molar-refractivity contribution in [3.8, 4) is 0 Å². The molecule has 0 bridgehead atoms. The van der Waals surface area contributed by atoms with Crippen molar-refractivity contribution in [3.05, 3.63) is 0 Å². The molecule has 0 saturated carbocycles. The maximum Gasteiger partial charge on any atom is 0.0319 e. The van der Waals surface area contributed by atoms with Gasteiger partial charge in [-0.3, -0.25) is 9.41 Å². The molecule has 0 unspecified atom stereocenters. The lowest BCUT2D eigenvalue weighted by atomic mass is 11.8. The summed E-state index contributed by atoms with van der Waals surface area (Å²) < 4.78 is 0. The van der Waals surface area contributed by atoms with Crippen molar-refractivity contribution in [2.75, 3.05) is 7.11 Å². The fourth-order valence-corrected chi connectivity index (χ4v) is 0. The van der Waals surface area contributed by atoms with E-state index in [1.54, 1.807) is 0 Å². The molecular weight excluding hydrogens is 66.0 g/mol. The van der Waals surface area contributed by atoms with E-state index in [1.165, 1.54) is 0 Å². The van der Waals surface area contributed by atoms with E-state index in [-0.39, 0.29) is 9.41 Å². The highest BCUT2D eigenvalue weighted by molar-refractivity contribution is 3.18. The first kappa shape index (κ1) is 45.2. The van der Waals surface area contributed by atoms with Gasteiger partial charge in [0.1, 0.15) is 0 Å². The summed E-state index contributed by atoms with van der Waals surface area (Å²) in [7, 11) is 1.00. The number of aliphatic hydroxyl groups excluding tert-OH is 1. The van der Waals surface area contributed by atoms with Gasteiger partial charge < -0.3 is 5.11 Å². The molecule has 0 aliphatic carbocycles. The Hall–Kier alpha value is -0.180. The van der Waals surface area contributed by atoms with Gasteiger partial charge in [0.05, 0.1) is 0 Å². The molecule has 0 heterocycles. The lowest BCUT2D eigenvalue weighted by molar-refractivity contribution is 0.399. The summed E-state index contributed by atoms with van der Waals surface area (Å²) in [6.45, 7) is 0. The van der Waals surface area contributed by atoms with Crippen molar-refractivity contribution in [2.24, 2.45) is 0 Å². The van der Waals surface area contributed by atoms with Gasteiger partial charge in [0, 0.05) is 7.11 Å². The minimum Gasteiger partial charge on any atom is -0.400 e. The molecule has 0 amide bonds. The predicted octanol–water partition coefficient (Wildman–Crippen LogP) is -0.0865. The third kappa shape index (κ3) is 37.8. The first-order valence-corrected chi connectivity index (χ1v) is 0.447. The number of aliphatic hydroxyl groups is 1. The average molecular weight is 72.1 g/mol. The second kappa shape index (κ2) is 288. The Labute approximate surface area is 23.0 Å². The van der Waals surface area contributed by atoms with Gasteiger partial charge in [-0.25, -0.2) is 0 Å². The topological polar surface area (TPSA) is 20.2 Å². The van der Waals surface area contributed by atoms with Crippen LogP contribution in [0.25, 0.3) is 0 Å². The molecular formula is CH6F2O. The normalized spacial score (nSPS) is 1.50. The molecule has 0 fully saturated rings.